The maximum absolute atomic E-state index is 13.4. The normalized spacial score (nSPS) is 13.2. The predicted molar refractivity (Wildman–Crippen MR) is 132 cm³/mol. The summed E-state index contributed by atoms with van der Waals surface area (Å²) in [6, 6.07) is 22.0. The average Bonchev–Trinajstić information content (AvgIpc) is 3.59. The number of nitrogens with zero attached hydrogens (tertiary/aromatic N) is 3. The molecule has 3 aromatic rings. The number of carbonyl (C=O) groups is 2. The molecule has 0 spiro atoms. The molecule has 4 rings (SSSR count). The van der Waals surface area contributed by atoms with Crippen LogP contribution in [0.1, 0.15) is 42.7 Å². The van der Waals surface area contributed by atoms with Crippen molar-refractivity contribution >= 4 is 11.8 Å². The Morgan fingerprint density at radius 3 is 2.18 bits per heavy atom. The van der Waals surface area contributed by atoms with Gasteiger partial charge in [0.1, 0.15) is 6.54 Å². The predicted octanol–water partition coefficient (Wildman–Crippen LogP) is 4.98. The number of aryl methyl sites for hydroxylation is 1. The van der Waals surface area contributed by atoms with Crippen LogP contribution in [0.2, 0.25) is 0 Å². The molecule has 5 nitrogen and oxygen atoms in total. The molecule has 33 heavy (non-hydrogen) atoms. The molecule has 0 atom stereocenters. The molecule has 0 unspecified atom stereocenters. The summed E-state index contributed by atoms with van der Waals surface area (Å²) in [6.45, 7) is 5.58. The first-order valence-corrected chi connectivity index (χ1v) is 11.8. The van der Waals surface area contributed by atoms with Crippen LogP contribution in [0.4, 0.5) is 0 Å². The molecule has 0 bridgehead atoms. The van der Waals surface area contributed by atoms with Gasteiger partial charge in [0.05, 0.1) is 6.54 Å². The Morgan fingerprint density at radius 2 is 1.61 bits per heavy atom. The van der Waals surface area contributed by atoms with Gasteiger partial charge in [0.15, 0.2) is 0 Å². The fraction of sp³-hybridized carbons (Fsp3) is 0.357. The maximum Gasteiger partial charge on any atom is 0.254 e. The zero-order valence-electron chi connectivity index (χ0n) is 19.8. The van der Waals surface area contributed by atoms with Gasteiger partial charge in [0, 0.05) is 37.1 Å². The molecule has 2 amide bonds. The fourth-order valence-electron chi connectivity index (χ4n) is 4.15. The van der Waals surface area contributed by atoms with Crippen molar-refractivity contribution < 1.29 is 9.59 Å². The van der Waals surface area contributed by atoms with Crippen LogP contribution in [0.3, 0.4) is 0 Å². The second-order valence-electron chi connectivity index (χ2n) is 9.39. The van der Waals surface area contributed by atoms with E-state index < -0.39 is 0 Å². The van der Waals surface area contributed by atoms with Gasteiger partial charge in [-0.25, -0.2) is 0 Å². The summed E-state index contributed by atoms with van der Waals surface area (Å²) in [6.07, 6.45) is 3.92. The Bertz CT molecular complexity index is 1080. The van der Waals surface area contributed by atoms with Gasteiger partial charge >= 0.3 is 0 Å². The molecule has 0 aliphatic heterocycles. The molecule has 1 fully saturated rings. The van der Waals surface area contributed by atoms with Gasteiger partial charge in [0.25, 0.3) is 5.91 Å². The Morgan fingerprint density at radius 1 is 0.939 bits per heavy atom. The van der Waals surface area contributed by atoms with Crippen molar-refractivity contribution in [2.24, 2.45) is 13.0 Å². The van der Waals surface area contributed by atoms with E-state index in [1.165, 1.54) is 0 Å². The zero-order valence-corrected chi connectivity index (χ0v) is 19.8. The topological polar surface area (TPSA) is 45.6 Å². The van der Waals surface area contributed by atoms with Gasteiger partial charge in [-0.3, -0.25) is 9.59 Å². The lowest BCUT2D eigenvalue weighted by molar-refractivity contribution is -0.133. The molecule has 1 heterocycles. The summed E-state index contributed by atoms with van der Waals surface area (Å²) in [5.74, 6) is 0.296. The van der Waals surface area contributed by atoms with Gasteiger partial charge in [-0.2, -0.15) is 0 Å². The third kappa shape index (κ3) is 5.72. The second-order valence-corrected chi connectivity index (χ2v) is 9.39. The van der Waals surface area contributed by atoms with Crippen LogP contribution < -0.4 is 0 Å². The van der Waals surface area contributed by atoms with Crippen molar-refractivity contribution in [2.45, 2.75) is 39.3 Å². The number of aromatic nitrogens is 1. The number of amides is 2. The highest BCUT2D eigenvalue weighted by atomic mass is 16.2. The van der Waals surface area contributed by atoms with Crippen LogP contribution in [0.25, 0.3) is 11.1 Å². The third-order valence-corrected chi connectivity index (χ3v) is 6.14. The lowest BCUT2D eigenvalue weighted by Gasteiger charge is -2.29. The Kier molecular flexibility index (Phi) is 6.97. The monoisotopic (exact) mass is 443 g/mol. The van der Waals surface area contributed by atoms with E-state index in [0.717, 1.165) is 29.7 Å². The fourth-order valence-corrected chi connectivity index (χ4v) is 4.15. The largest absolute Gasteiger partial charge is 0.353 e. The lowest BCUT2D eigenvalue weighted by atomic mass is 10.0. The van der Waals surface area contributed by atoms with E-state index >= 15 is 0 Å². The molecule has 172 valence electrons. The van der Waals surface area contributed by atoms with E-state index in [0.29, 0.717) is 24.6 Å². The molecular weight excluding hydrogens is 410 g/mol. The summed E-state index contributed by atoms with van der Waals surface area (Å²) in [5.41, 5.74) is 3.92. The van der Waals surface area contributed by atoms with Crippen LogP contribution in [-0.4, -0.2) is 45.3 Å². The van der Waals surface area contributed by atoms with Crippen molar-refractivity contribution in [3.8, 4) is 11.1 Å². The van der Waals surface area contributed by atoms with Crippen molar-refractivity contribution in [3.63, 3.8) is 0 Å². The molecular formula is C28H33N3O2. The zero-order chi connectivity index (χ0) is 23.4. The molecule has 2 aromatic carbocycles. The summed E-state index contributed by atoms with van der Waals surface area (Å²) < 4.78 is 2.04. The minimum absolute atomic E-state index is 0.00561. The molecule has 1 aliphatic carbocycles. The molecule has 5 heteroatoms. The first-order chi connectivity index (χ1) is 15.9. The van der Waals surface area contributed by atoms with E-state index in [1.807, 2.05) is 77.3 Å². The summed E-state index contributed by atoms with van der Waals surface area (Å²) >= 11 is 0. The van der Waals surface area contributed by atoms with Gasteiger partial charge in [0.2, 0.25) is 5.91 Å². The number of hydrogen-bond acceptors (Lipinski definition) is 2. The molecule has 0 saturated heterocycles. The van der Waals surface area contributed by atoms with Crippen LogP contribution in [-0.2, 0) is 18.4 Å². The minimum Gasteiger partial charge on any atom is -0.353 e. The third-order valence-electron chi connectivity index (χ3n) is 6.14. The van der Waals surface area contributed by atoms with Gasteiger partial charge in [-0.1, -0.05) is 56.3 Å². The standard InChI is InChI=1S/C28H33N3O2/c1-21(2)18-30(19-26-10-7-17-29(26)3)27(32)20-31(25-15-16-25)28(33)24-13-11-23(12-14-24)22-8-5-4-6-9-22/h4-14,17,21,25H,15-16,18-20H2,1-3H3. The summed E-state index contributed by atoms with van der Waals surface area (Å²) in [7, 11) is 1.99. The van der Waals surface area contributed by atoms with Crippen LogP contribution in [0, 0.1) is 5.92 Å². The Hall–Kier alpha value is -3.34. The van der Waals surface area contributed by atoms with Gasteiger partial charge < -0.3 is 14.4 Å². The van der Waals surface area contributed by atoms with Crippen LogP contribution in [0.15, 0.2) is 72.9 Å². The smallest absolute Gasteiger partial charge is 0.254 e. The number of carbonyl (C=O) groups excluding carboxylic acids is 2. The van der Waals surface area contributed by atoms with Gasteiger partial charge in [-0.15, -0.1) is 0 Å². The van der Waals surface area contributed by atoms with E-state index in [1.54, 1.807) is 4.90 Å². The first-order valence-electron chi connectivity index (χ1n) is 11.8. The SMILES string of the molecule is CC(C)CN(Cc1cccn1C)C(=O)CN(C(=O)c1ccc(-c2ccccc2)cc1)C1CC1. The van der Waals surface area contributed by atoms with Crippen molar-refractivity contribution in [2.75, 3.05) is 13.1 Å². The second kappa shape index (κ2) is 10.1. The number of hydrogen-bond donors (Lipinski definition) is 0. The van der Waals surface area contributed by atoms with E-state index in [-0.39, 0.29) is 24.4 Å². The summed E-state index contributed by atoms with van der Waals surface area (Å²) in [5, 5.41) is 0. The highest BCUT2D eigenvalue weighted by molar-refractivity contribution is 5.97. The van der Waals surface area contributed by atoms with E-state index in [9.17, 15) is 9.59 Å². The van der Waals surface area contributed by atoms with Crippen molar-refractivity contribution in [3.05, 3.63) is 84.2 Å². The quantitative estimate of drug-likeness (QED) is 0.468. The Labute approximate surface area is 196 Å². The lowest BCUT2D eigenvalue weighted by Crippen LogP contribution is -2.45. The minimum atomic E-state index is -0.0613. The average molecular weight is 444 g/mol. The highest BCUT2D eigenvalue weighted by Crippen LogP contribution is 2.29. The number of rotatable bonds is 9. The highest BCUT2D eigenvalue weighted by Gasteiger charge is 2.35. The van der Waals surface area contributed by atoms with Crippen LogP contribution >= 0.6 is 0 Å². The number of benzene rings is 2. The van der Waals surface area contributed by atoms with E-state index in [4.69, 9.17) is 0 Å². The molecule has 0 N–H and O–H groups in total. The van der Waals surface area contributed by atoms with Crippen molar-refractivity contribution in [1.29, 1.82) is 0 Å². The Balaban J connectivity index is 1.48. The molecule has 1 aliphatic rings. The van der Waals surface area contributed by atoms with Crippen molar-refractivity contribution in [1.82, 2.24) is 14.4 Å². The molecule has 1 saturated carbocycles. The molecule has 1 aromatic heterocycles. The first kappa shape index (κ1) is 22.8. The van der Waals surface area contributed by atoms with Gasteiger partial charge in [-0.05, 0) is 54.2 Å². The van der Waals surface area contributed by atoms with E-state index in [2.05, 4.69) is 26.0 Å². The molecule has 0 radical (unpaired) electrons. The van der Waals surface area contributed by atoms with Crippen LogP contribution in [0.5, 0.6) is 0 Å². The maximum atomic E-state index is 13.4. The summed E-state index contributed by atoms with van der Waals surface area (Å²) in [4.78, 5) is 30.4.